The summed E-state index contributed by atoms with van der Waals surface area (Å²) in [5.41, 5.74) is 5.86. The van der Waals surface area contributed by atoms with Crippen LogP contribution in [0.2, 0.25) is 0 Å². The molecular weight excluding hydrogens is 590 g/mol. The summed E-state index contributed by atoms with van der Waals surface area (Å²) in [7, 11) is 0. The molecule has 4 aliphatic rings. The van der Waals surface area contributed by atoms with Crippen LogP contribution < -0.4 is 19.7 Å². The quantitative estimate of drug-likeness (QED) is 0.337. The molecule has 0 saturated carbocycles. The molecule has 3 aromatic rings. The standard InChI is InChI=1S/C38H49N5O4/c1-37(2,3)47-36(44)43-21-19-42(20-22-43)34-31-15-17-38(24-33(31)40-35(41-34)46-26-29-12-8-18-39-29)16-7-11-28-13-14-30(23-32(28)38)45-25-27-9-5-4-6-10-27/h4-6,9-10,13-14,23,29,39H,7-8,11-12,15-22,24-26H2,1-3H3/t29-,38?/m0/s1. The number of benzene rings is 2. The number of fused-ring (bicyclic) bond motifs is 3. The number of aromatic nitrogens is 2. The fraction of sp³-hybridized carbons (Fsp3) is 0.553. The number of hydrogen-bond acceptors (Lipinski definition) is 8. The van der Waals surface area contributed by atoms with E-state index in [1.807, 2.05) is 31.7 Å². The zero-order valence-electron chi connectivity index (χ0n) is 28.2. The molecule has 3 heterocycles. The maximum atomic E-state index is 12.8. The minimum Gasteiger partial charge on any atom is -0.489 e. The molecule has 1 unspecified atom stereocenters. The largest absolute Gasteiger partial charge is 0.489 e. The van der Waals surface area contributed by atoms with Gasteiger partial charge in [-0.3, -0.25) is 0 Å². The second-order valence-electron chi connectivity index (χ2n) is 14.7. The number of carbonyl (C=O) groups excluding carboxylic acids is 1. The van der Waals surface area contributed by atoms with Gasteiger partial charge in [0.15, 0.2) is 0 Å². The Bertz CT molecular complexity index is 1560. The smallest absolute Gasteiger partial charge is 0.410 e. The highest BCUT2D eigenvalue weighted by molar-refractivity contribution is 5.68. The van der Waals surface area contributed by atoms with Crippen LogP contribution in [0.4, 0.5) is 10.6 Å². The first-order chi connectivity index (χ1) is 22.7. The van der Waals surface area contributed by atoms with Crippen LogP contribution >= 0.6 is 0 Å². The summed E-state index contributed by atoms with van der Waals surface area (Å²) in [5, 5.41) is 3.53. The van der Waals surface area contributed by atoms with Crippen molar-refractivity contribution in [3.63, 3.8) is 0 Å². The Morgan fingerprint density at radius 1 is 0.979 bits per heavy atom. The third kappa shape index (κ3) is 7.20. The van der Waals surface area contributed by atoms with Gasteiger partial charge in [0, 0.05) is 43.2 Å². The molecule has 2 atom stereocenters. The van der Waals surface area contributed by atoms with Crippen molar-refractivity contribution in [3.8, 4) is 11.8 Å². The number of anilines is 1. The molecule has 1 amide bonds. The number of carbonyl (C=O) groups is 1. The number of nitrogens with zero attached hydrogens (tertiary/aromatic N) is 4. The molecule has 1 N–H and O–H groups in total. The first-order valence-corrected chi connectivity index (χ1v) is 17.5. The monoisotopic (exact) mass is 639 g/mol. The van der Waals surface area contributed by atoms with E-state index in [1.54, 1.807) is 0 Å². The molecule has 0 bridgehead atoms. The summed E-state index contributed by atoms with van der Waals surface area (Å²) in [6.45, 7) is 10.5. The summed E-state index contributed by atoms with van der Waals surface area (Å²) in [6, 6.07) is 17.9. The molecule has 9 nitrogen and oxygen atoms in total. The van der Waals surface area contributed by atoms with Gasteiger partial charge in [-0.25, -0.2) is 4.79 Å². The van der Waals surface area contributed by atoms with Gasteiger partial charge in [0.1, 0.15) is 30.4 Å². The van der Waals surface area contributed by atoms with Crippen molar-refractivity contribution in [2.75, 3.05) is 44.2 Å². The number of hydrogen-bond donors (Lipinski definition) is 1. The van der Waals surface area contributed by atoms with Crippen molar-refractivity contribution >= 4 is 11.9 Å². The van der Waals surface area contributed by atoms with Crippen LogP contribution in [0.3, 0.4) is 0 Å². The van der Waals surface area contributed by atoms with E-state index in [-0.39, 0.29) is 11.5 Å². The van der Waals surface area contributed by atoms with Crippen molar-refractivity contribution in [2.24, 2.45) is 0 Å². The van der Waals surface area contributed by atoms with Crippen LogP contribution in [0.5, 0.6) is 11.8 Å². The third-order valence-electron chi connectivity index (χ3n) is 10.2. The van der Waals surface area contributed by atoms with Crippen molar-refractivity contribution < 1.29 is 19.0 Å². The topological polar surface area (TPSA) is 89.1 Å². The lowest BCUT2D eigenvalue weighted by molar-refractivity contribution is 0.0240. The van der Waals surface area contributed by atoms with E-state index in [9.17, 15) is 4.79 Å². The van der Waals surface area contributed by atoms with Gasteiger partial charge in [0.2, 0.25) is 0 Å². The molecule has 1 aromatic heterocycles. The fourth-order valence-corrected chi connectivity index (χ4v) is 7.79. The molecular formula is C38H49N5O4. The Morgan fingerprint density at radius 2 is 1.81 bits per heavy atom. The number of aryl methyl sites for hydroxylation is 1. The predicted octanol–water partition coefficient (Wildman–Crippen LogP) is 6.01. The second-order valence-corrected chi connectivity index (χ2v) is 14.7. The minimum atomic E-state index is -0.511. The summed E-state index contributed by atoms with van der Waals surface area (Å²) < 4.78 is 18.3. The van der Waals surface area contributed by atoms with Gasteiger partial charge in [0.25, 0.3) is 0 Å². The molecule has 2 saturated heterocycles. The molecule has 7 rings (SSSR count). The molecule has 2 fully saturated rings. The fourth-order valence-electron chi connectivity index (χ4n) is 7.79. The van der Waals surface area contributed by atoms with Crippen molar-refractivity contribution in [1.29, 1.82) is 0 Å². The van der Waals surface area contributed by atoms with E-state index in [0.29, 0.717) is 51.4 Å². The molecule has 1 spiro atoms. The van der Waals surface area contributed by atoms with Gasteiger partial charge < -0.3 is 29.3 Å². The molecule has 9 heteroatoms. The van der Waals surface area contributed by atoms with Crippen LogP contribution in [-0.4, -0.2) is 71.9 Å². The maximum absolute atomic E-state index is 12.8. The Hall–Kier alpha value is -3.85. The van der Waals surface area contributed by atoms with E-state index in [0.717, 1.165) is 62.3 Å². The zero-order valence-corrected chi connectivity index (χ0v) is 28.2. The molecule has 47 heavy (non-hydrogen) atoms. The predicted molar refractivity (Wildman–Crippen MR) is 182 cm³/mol. The second kappa shape index (κ2) is 13.3. The average Bonchev–Trinajstić information content (AvgIpc) is 3.60. The van der Waals surface area contributed by atoms with E-state index in [2.05, 4.69) is 52.7 Å². The molecule has 2 aliphatic carbocycles. The molecule has 0 radical (unpaired) electrons. The highest BCUT2D eigenvalue weighted by Crippen LogP contribution is 2.48. The van der Waals surface area contributed by atoms with Gasteiger partial charge in [0.05, 0.1) is 5.69 Å². The van der Waals surface area contributed by atoms with Crippen LogP contribution in [0, 0.1) is 0 Å². The lowest BCUT2D eigenvalue weighted by atomic mass is 9.62. The number of ether oxygens (including phenoxy) is 3. The first kappa shape index (κ1) is 31.7. The summed E-state index contributed by atoms with van der Waals surface area (Å²) >= 11 is 0. The number of amides is 1. The molecule has 2 aliphatic heterocycles. The van der Waals surface area contributed by atoms with Crippen LogP contribution in [0.25, 0.3) is 0 Å². The van der Waals surface area contributed by atoms with E-state index in [1.165, 1.54) is 35.1 Å². The van der Waals surface area contributed by atoms with Gasteiger partial charge in [-0.15, -0.1) is 0 Å². The normalized spacial score (nSPS) is 22.5. The van der Waals surface area contributed by atoms with Crippen molar-refractivity contribution in [1.82, 2.24) is 20.2 Å². The zero-order chi connectivity index (χ0) is 32.4. The van der Waals surface area contributed by atoms with Crippen molar-refractivity contribution in [2.45, 2.75) is 95.8 Å². The minimum absolute atomic E-state index is 0.0119. The van der Waals surface area contributed by atoms with Gasteiger partial charge >= 0.3 is 12.1 Å². The summed E-state index contributed by atoms with van der Waals surface area (Å²) in [5.74, 6) is 1.90. The summed E-state index contributed by atoms with van der Waals surface area (Å²) in [6.07, 6.45) is 8.27. The van der Waals surface area contributed by atoms with Gasteiger partial charge in [-0.05, 0) is 108 Å². The van der Waals surface area contributed by atoms with Crippen LogP contribution in [0.15, 0.2) is 48.5 Å². The lowest BCUT2D eigenvalue weighted by Gasteiger charge is -2.44. The Labute approximate surface area is 279 Å². The Morgan fingerprint density at radius 3 is 2.57 bits per heavy atom. The van der Waals surface area contributed by atoms with Crippen LogP contribution in [0.1, 0.15) is 80.8 Å². The Balaban J connectivity index is 1.15. The van der Waals surface area contributed by atoms with Crippen molar-refractivity contribution in [3.05, 3.63) is 76.5 Å². The number of nitrogens with one attached hydrogen (secondary N) is 1. The summed E-state index contributed by atoms with van der Waals surface area (Å²) in [4.78, 5) is 27.1. The maximum Gasteiger partial charge on any atom is 0.410 e. The first-order valence-electron chi connectivity index (χ1n) is 17.5. The Kier molecular flexibility index (Phi) is 9.01. The van der Waals surface area contributed by atoms with E-state index in [4.69, 9.17) is 24.2 Å². The molecule has 2 aromatic carbocycles. The van der Waals surface area contributed by atoms with Gasteiger partial charge in [-0.1, -0.05) is 36.4 Å². The van der Waals surface area contributed by atoms with E-state index >= 15 is 0 Å². The third-order valence-corrected chi connectivity index (χ3v) is 10.2. The number of piperazine rings is 1. The average molecular weight is 640 g/mol. The highest BCUT2D eigenvalue weighted by Gasteiger charge is 2.42. The number of rotatable bonds is 7. The lowest BCUT2D eigenvalue weighted by Crippen LogP contribution is -2.50. The highest BCUT2D eigenvalue weighted by atomic mass is 16.6. The van der Waals surface area contributed by atoms with E-state index < -0.39 is 5.60 Å². The SMILES string of the molecule is CC(C)(C)OC(=O)N1CCN(c2nc(OC[C@@H]3CCCN3)nc3c2CCC2(CCCc4ccc(OCc5ccccc5)cc42)C3)CC1. The van der Waals surface area contributed by atoms with Gasteiger partial charge in [-0.2, -0.15) is 9.97 Å². The molecule has 250 valence electrons. The van der Waals surface area contributed by atoms with Crippen LogP contribution in [-0.2, 0) is 36.0 Å².